The number of fused-ring (bicyclic) bond motifs is 1. The van der Waals surface area contributed by atoms with Gasteiger partial charge in [-0.2, -0.15) is 5.10 Å². The number of hydrogen-bond acceptors (Lipinski definition) is 8. The Kier molecular flexibility index (Phi) is 7.96. The molecule has 3 aromatic rings. The number of halogens is 4. The van der Waals surface area contributed by atoms with E-state index in [9.17, 15) is 18.4 Å². The largest absolute Gasteiger partial charge is 0.382 e. The minimum absolute atomic E-state index is 0.0165. The second kappa shape index (κ2) is 11.3. The fourth-order valence-corrected chi connectivity index (χ4v) is 6.10. The van der Waals surface area contributed by atoms with Crippen molar-refractivity contribution < 1.29 is 36.5 Å². The maximum absolute atomic E-state index is 15.2. The van der Waals surface area contributed by atoms with Crippen LogP contribution in [0.5, 0.6) is 0 Å². The summed E-state index contributed by atoms with van der Waals surface area (Å²) in [6, 6.07) is -1.90. The third-order valence-electron chi connectivity index (χ3n) is 8.87. The normalized spacial score (nSPS) is 23.5. The maximum Gasteiger partial charge on any atom is 0.316 e. The predicted octanol–water partition coefficient (Wildman–Crippen LogP) is 1.62. The predicted molar refractivity (Wildman–Crippen MR) is 155 cm³/mol. The van der Waals surface area contributed by atoms with Gasteiger partial charge in [0.25, 0.3) is 11.8 Å². The van der Waals surface area contributed by atoms with Gasteiger partial charge in [-0.1, -0.05) is 5.16 Å². The minimum Gasteiger partial charge on any atom is -0.382 e. The molecule has 12 nitrogen and oxygen atoms in total. The molecule has 3 amide bonds. The summed E-state index contributed by atoms with van der Waals surface area (Å²) in [5, 5.41) is 10.4. The lowest BCUT2D eigenvalue weighted by molar-refractivity contribution is -0.108. The van der Waals surface area contributed by atoms with Gasteiger partial charge in [0.05, 0.1) is 68.2 Å². The SMILES string of the molecule is [B]C1([B])NC(=O)N(C(COC)c2cnn3cc(C(NC(=O)c4nonc4C4CC4)C4CCC(F)(F)CC4)nc3c2)C([B])([B])C1(F)F. The zero-order valence-electron chi connectivity index (χ0n) is 24.6. The molecule has 0 spiro atoms. The van der Waals surface area contributed by atoms with E-state index in [1.807, 2.05) is 5.32 Å². The number of nitrogens with zero attached hydrogens (tertiary/aromatic N) is 6. The molecule has 0 aromatic carbocycles. The number of amides is 3. The quantitative estimate of drug-likeness (QED) is 0.268. The third kappa shape index (κ3) is 5.55. The first kappa shape index (κ1) is 32.4. The highest BCUT2D eigenvalue weighted by molar-refractivity contribution is 6.48. The fraction of sp³-hybridized carbons (Fsp3) is 0.615. The summed E-state index contributed by atoms with van der Waals surface area (Å²) in [6.07, 6.45) is 3.93. The zero-order valence-corrected chi connectivity index (χ0v) is 24.6. The summed E-state index contributed by atoms with van der Waals surface area (Å²) in [5.41, 5.74) is 1.07. The van der Waals surface area contributed by atoms with Gasteiger partial charge < -0.3 is 20.3 Å². The zero-order chi connectivity index (χ0) is 33.2. The van der Waals surface area contributed by atoms with Crippen molar-refractivity contribution in [2.75, 3.05) is 13.7 Å². The smallest absolute Gasteiger partial charge is 0.316 e. The molecule has 1 aliphatic heterocycles. The Morgan fingerprint density at radius 3 is 2.50 bits per heavy atom. The number of urea groups is 1. The molecule has 3 aliphatic rings. The van der Waals surface area contributed by atoms with Gasteiger partial charge in [0.2, 0.25) is 5.92 Å². The average Bonchev–Trinajstić information content (AvgIpc) is 3.53. The van der Waals surface area contributed by atoms with Crippen molar-refractivity contribution in [3.8, 4) is 0 Å². The van der Waals surface area contributed by atoms with Crippen LogP contribution in [-0.2, 0) is 4.74 Å². The van der Waals surface area contributed by atoms with Crippen LogP contribution in [-0.4, -0.2) is 109 Å². The molecule has 2 atom stereocenters. The average molecular weight is 634 g/mol. The molecule has 3 fully saturated rings. The van der Waals surface area contributed by atoms with Crippen LogP contribution >= 0.6 is 0 Å². The number of carbonyl (C=O) groups excluding carboxylic acids is 2. The first-order valence-corrected chi connectivity index (χ1v) is 14.6. The van der Waals surface area contributed by atoms with Crippen molar-refractivity contribution in [2.45, 2.75) is 79.0 Å². The topological polar surface area (TPSA) is 140 Å². The van der Waals surface area contributed by atoms with E-state index in [4.69, 9.17) is 40.8 Å². The summed E-state index contributed by atoms with van der Waals surface area (Å²) in [5.74, 6) is -7.99. The lowest BCUT2D eigenvalue weighted by atomic mass is 9.43. The number of alkyl halides is 4. The number of carbonyl (C=O) groups is 2. The van der Waals surface area contributed by atoms with E-state index in [-0.39, 0.29) is 55.1 Å². The van der Waals surface area contributed by atoms with Crippen molar-refractivity contribution >= 4 is 49.0 Å². The van der Waals surface area contributed by atoms with E-state index in [2.05, 4.69) is 25.7 Å². The highest BCUT2D eigenvalue weighted by atomic mass is 19.3. The highest BCUT2D eigenvalue weighted by Gasteiger charge is 2.64. The molecule has 2 N–H and O–H groups in total. The van der Waals surface area contributed by atoms with Crippen LogP contribution in [0.2, 0.25) is 0 Å². The van der Waals surface area contributed by atoms with Gasteiger partial charge in [-0.3, -0.25) is 4.79 Å². The van der Waals surface area contributed by atoms with Crippen molar-refractivity contribution in [1.29, 1.82) is 0 Å². The van der Waals surface area contributed by atoms with Crippen LogP contribution < -0.4 is 10.6 Å². The molecule has 4 heterocycles. The maximum atomic E-state index is 15.2. The third-order valence-corrected chi connectivity index (χ3v) is 8.87. The van der Waals surface area contributed by atoms with Gasteiger partial charge in [0, 0.05) is 42.1 Å². The Morgan fingerprint density at radius 2 is 1.85 bits per heavy atom. The summed E-state index contributed by atoms with van der Waals surface area (Å²) in [6.45, 7) is -0.350. The van der Waals surface area contributed by atoms with E-state index < -0.39 is 52.5 Å². The summed E-state index contributed by atoms with van der Waals surface area (Å²) in [4.78, 5) is 31.5. The Hall–Kier alpha value is -3.56. The first-order valence-electron chi connectivity index (χ1n) is 14.6. The second-order valence-corrected chi connectivity index (χ2v) is 12.2. The Balaban J connectivity index is 1.34. The summed E-state index contributed by atoms with van der Waals surface area (Å²) >= 11 is 0. The molecule has 8 radical (unpaired) electrons. The number of hydrogen-bond donors (Lipinski definition) is 2. The number of aromatic nitrogens is 5. The van der Waals surface area contributed by atoms with Crippen LogP contribution in [0, 0.1) is 5.92 Å². The molecular weight excluding hydrogens is 608 g/mol. The Labute approximate surface area is 265 Å². The highest BCUT2D eigenvalue weighted by Crippen LogP contribution is 2.45. The van der Waals surface area contributed by atoms with Crippen molar-refractivity contribution in [1.82, 2.24) is 40.4 Å². The van der Waals surface area contributed by atoms with Crippen LogP contribution in [0.25, 0.3) is 5.65 Å². The summed E-state index contributed by atoms with van der Waals surface area (Å²) < 4.78 is 70.0. The first-order chi connectivity index (χ1) is 21.6. The van der Waals surface area contributed by atoms with E-state index in [0.717, 1.165) is 12.8 Å². The molecule has 2 saturated carbocycles. The molecule has 2 unspecified atom stereocenters. The number of ether oxygens (including phenoxy) is 1. The van der Waals surface area contributed by atoms with E-state index >= 15 is 8.78 Å². The van der Waals surface area contributed by atoms with Crippen LogP contribution in [0.4, 0.5) is 22.4 Å². The number of methoxy groups -OCH3 is 1. The van der Waals surface area contributed by atoms with Crippen molar-refractivity contribution in [3.63, 3.8) is 0 Å². The standard InChI is InChI=1S/C26H26B4F4N8O4/c1-45-11-16(42-22(44)38-25(27,28)24(33,34)26(42,29)30)14-8-17-36-15(10-41(17)35-9-14)18(13-4-6-23(31,32)7-5-13)37-21(43)20-19(12-2-3-12)39-46-40-20/h8-10,12-13,16,18H,2-7,11H2,1H3,(H,37,43)(H,38,44). The molecule has 46 heavy (non-hydrogen) atoms. The van der Waals surface area contributed by atoms with Gasteiger partial charge in [-0.05, 0) is 42.8 Å². The van der Waals surface area contributed by atoms with Gasteiger partial charge in [0.15, 0.2) is 11.3 Å². The van der Waals surface area contributed by atoms with E-state index in [0.29, 0.717) is 16.3 Å². The Morgan fingerprint density at radius 1 is 1.15 bits per heavy atom. The van der Waals surface area contributed by atoms with Crippen LogP contribution in [0.15, 0.2) is 23.1 Å². The molecule has 1 saturated heterocycles. The van der Waals surface area contributed by atoms with E-state index in [1.54, 1.807) is 0 Å². The number of nitrogens with one attached hydrogen (secondary N) is 2. The minimum atomic E-state index is -4.22. The lowest BCUT2D eigenvalue weighted by Gasteiger charge is -2.58. The number of imidazole rings is 1. The van der Waals surface area contributed by atoms with Crippen LogP contribution in [0.1, 0.15) is 84.0 Å². The molecule has 3 aromatic heterocycles. The van der Waals surface area contributed by atoms with Gasteiger partial charge in [-0.15, -0.1) is 0 Å². The van der Waals surface area contributed by atoms with Gasteiger partial charge >= 0.3 is 6.03 Å². The molecule has 6 rings (SSSR count). The number of rotatable bonds is 9. The fourth-order valence-electron chi connectivity index (χ4n) is 6.10. The van der Waals surface area contributed by atoms with Gasteiger partial charge in [-0.25, -0.2) is 36.5 Å². The lowest BCUT2D eigenvalue weighted by Crippen LogP contribution is -2.83. The molecule has 0 bridgehead atoms. The van der Waals surface area contributed by atoms with Crippen molar-refractivity contribution in [2.24, 2.45) is 5.92 Å². The second-order valence-electron chi connectivity index (χ2n) is 12.2. The van der Waals surface area contributed by atoms with Gasteiger partial charge in [0.1, 0.15) is 5.69 Å². The van der Waals surface area contributed by atoms with E-state index in [1.165, 1.54) is 30.1 Å². The van der Waals surface area contributed by atoms with Crippen molar-refractivity contribution in [3.05, 3.63) is 41.1 Å². The molecule has 2 aliphatic carbocycles. The molecular formula is C26H26B4F4N8O4. The molecule has 20 heteroatoms. The summed E-state index contributed by atoms with van der Waals surface area (Å²) in [7, 11) is 23.8. The Bertz CT molecular complexity index is 1640. The molecule has 234 valence electrons. The van der Waals surface area contributed by atoms with Crippen LogP contribution in [0.3, 0.4) is 0 Å². The monoisotopic (exact) mass is 634 g/mol.